The van der Waals surface area contributed by atoms with Crippen molar-refractivity contribution in [3.05, 3.63) is 83.9 Å². The van der Waals surface area contributed by atoms with E-state index in [-0.39, 0.29) is 49.4 Å². The summed E-state index contributed by atoms with van der Waals surface area (Å²) in [6.07, 6.45) is 6.98. The van der Waals surface area contributed by atoms with E-state index >= 15 is 0 Å². The number of aromatic nitrogens is 10. The van der Waals surface area contributed by atoms with Crippen molar-refractivity contribution in [2.45, 2.75) is 77.9 Å². The molecule has 2 aromatic carbocycles. The van der Waals surface area contributed by atoms with E-state index in [4.69, 9.17) is 23.9 Å². The Balaban J connectivity index is 0.000000188. The highest BCUT2D eigenvalue weighted by Crippen LogP contribution is 2.32. The molecule has 25 heteroatoms. The van der Waals surface area contributed by atoms with Crippen molar-refractivity contribution in [3.8, 4) is 22.8 Å². The molecule has 0 bridgehead atoms. The standard InChI is InChI=1S/C26H31FN6O5Si.C26H31FN6O4Si/c1-39(2,3)11-10-38-16-32-14-19(26(35)36)24-25(32)28-13-20(29-24)23-18-5-4-17(27)12-21(18)33(30-23)15-22(34)31-6-8-37-9-7-31;1-38(2,3)11-10-37-17-32-14-18(16-34)24-26(32)28-13-21(29-24)25-20-5-4-19(27)12-22(20)33(30-25)15-23(35)31-6-8-36-9-7-31/h4-5,12-14H,6-11,15-16H2,1-3H3,(H,35,36);4-5,12-14,16H,6-11,15,17H2,1-3H3. The van der Waals surface area contributed by atoms with Crippen molar-refractivity contribution >= 4 is 84.4 Å². The van der Waals surface area contributed by atoms with Gasteiger partial charge < -0.3 is 43.0 Å². The molecule has 0 aliphatic carbocycles. The van der Waals surface area contributed by atoms with Crippen molar-refractivity contribution in [1.29, 1.82) is 0 Å². The molecule has 0 spiro atoms. The predicted molar refractivity (Wildman–Crippen MR) is 288 cm³/mol. The normalized spacial score (nSPS) is 14.4. The Kier molecular flexibility index (Phi) is 16.5. The third kappa shape index (κ3) is 12.8. The highest BCUT2D eigenvalue weighted by molar-refractivity contribution is 6.76. The molecule has 0 unspecified atom stereocenters. The SMILES string of the molecule is C[Si](C)(C)CCOCn1cc(C(=O)O)c2nc(-c3nn(CC(=O)N4CCOCC4)c4cc(F)ccc34)cnc21.C[Si](C)(C)CCOCn1cc(C=O)c2nc(-c3nn(CC(=O)N4CCOCC4)c4cc(F)ccc34)cnc21. The fraction of sp³-hybridized carbons (Fsp3) is 0.423. The van der Waals surface area contributed by atoms with Gasteiger partial charge in [-0.25, -0.2) is 33.5 Å². The number of carboxylic acids is 1. The average Bonchev–Trinajstić information content (AvgIpc) is 4.20. The van der Waals surface area contributed by atoms with Crippen molar-refractivity contribution in [3.63, 3.8) is 0 Å². The quantitative estimate of drug-likeness (QED) is 0.0517. The number of aromatic carboxylic acids is 1. The number of halogens is 2. The van der Waals surface area contributed by atoms with Crippen molar-refractivity contribution in [2.75, 3.05) is 65.8 Å². The molecule has 8 aromatic rings. The van der Waals surface area contributed by atoms with Crippen LogP contribution in [0.25, 0.3) is 66.9 Å². The number of carbonyl (C=O) groups is 4. The summed E-state index contributed by atoms with van der Waals surface area (Å²) in [6, 6.07) is 10.5. The Morgan fingerprint density at radius 1 is 0.662 bits per heavy atom. The molecule has 2 aliphatic rings. The molecule has 6 aromatic heterocycles. The molecule has 0 radical (unpaired) electrons. The number of hydrogen-bond acceptors (Lipinski definition) is 14. The Morgan fingerprint density at radius 2 is 1.10 bits per heavy atom. The van der Waals surface area contributed by atoms with Crippen LogP contribution in [-0.2, 0) is 55.1 Å². The van der Waals surface area contributed by atoms with E-state index < -0.39 is 33.8 Å². The molecule has 0 atom stereocenters. The number of amides is 2. The van der Waals surface area contributed by atoms with Gasteiger partial charge in [-0.2, -0.15) is 10.2 Å². The van der Waals surface area contributed by atoms with Crippen molar-refractivity contribution in [1.82, 2.24) is 58.4 Å². The average molecular weight is 1090 g/mol. The van der Waals surface area contributed by atoms with E-state index in [1.807, 2.05) is 0 Å². The van der Waals surface area contributed by atoms with Gasteiger partial charge in [0.2, 0.25) is 11.8 Å². The van der Waals surface area contributed by atoms with Crippen LogP contribution in [0, 0.1) is 11.6 Å². The molecular weight excluding hydrogens is 1030 g/mol. The minimum Gasteiger partial charge on any atom is -0.478 e. The smallest absolute Gasteiger partial charge is 0.339 e. The van der Waals surface area contributed by atoms with E-state index in [1.54, 1.807) is 43.5 Å². The molecule has 77 heavy (non-hydrogen) atoms. The molecule has 406 valence electrons. The van der Waals surface area contributed by atoms with E-state index in [9.17, 15) is 33.1 Å². The van der Waals surface area contributed by atoms with Gasteiger partial charge in [0.05, 0.1) is 55.4 Å². The molecule has 21 nitrogen and oxygen atoms in total. The summed E-state index contributed by atoms with van der Waals surface area (Å²) < 4.78 is 57.1. The summed E-state index contributed by atoms with van der Waals surface area (Å²) in [7, 11) is -2.49. The number of morpholine rings is 2. The summed E-state index contributed by atoms with van der Waals surface area (Å²) in [5.74, 6) is -2.31. The molecule has 2 amide bonds. The van der Waals surface area contributed by atoms with Crippen LogP contribution in [-0.4, -0.2) is 170 Å². The number of nitrogens with zero attached hydrogens (tertiary/aromatic N) is 12. The summed E-state index contributed by atoms with van der Waals surface area (Å²) in [5, 5.41) is 20.3. The minimum atomic E-state index is -1.27. The van der Waals surface area contributed by atoms with E-state index in [1.165, 1.54) is 46.0 Å². The highest BCUT2D eigenvalue weighted by Gasteiger charge is 2.26. The van der Waals surface area contributed by atoms with Crippen LogP contribution in [0.5, 0.6) is 0 Å². The molecule has 2 fully saturated rings. The van der Waals surface area contributed by atoms with Crippen LogP contribution >= 0.6 is 0 Å². The number of ether oxygens (including phenoxy) is 4. The highest BCUT2D eigenvalue weighted by atomic mass is 28.3. The summed E-state index contributed by atoms with van der Waals surface area (Å²) in [4.78, 5) is 71.5. The number of benzene rings is 2. The Morgan fingerprint density at radius 3 is 1.55 bits per heavy atom. The van der Waals surface area contributed by atoms with Gasteiger partial charge in [0.1, 0.15) is 77.6 Å². The Hall–Kier alpha value is -7.17. The maximum atomic E-state index is 14.2. The zero-order valence-electron chi connectivity index (χ0n) is 44.0. The second-order valence-corrected chi connectivity index (χ2v) is 32.6. The molecule has 10 rings (SSSR count). The fourth-order valence-electron chi connectivity index (χ4n) is 8.87. The largest absolute Gasteiger partial charge is 0.478 e. The van der Waals surface area contributed by atoms with Crippen molar-refractivity contribution < 1.29 is 52.0 Å². The number of aldehydes is 1. The molecule has 2 saturated heterocycles. The first-order valence-corrected chi connectivity index (χ1v) is 32.9. The van der Waals surface area contributed by atoms with Gasteiger partial charge in [0.25, 0.3) is 0 Å². The zero-order valence-corrected chi connectivity index (χ0v) is 46.0. The van der Waals surface area contributed by atoms with E-state index in [2.05, 4.69) is 64.4 Å². The summed E-state index contributed by atoms with van der Waals surface area (Å²) >= 11 is 0. The van der Waals surface area contributed by atoms with Crippen LogP contribution in [0.3, 0.4) is 0 Å². The minimum absolute atomic E-state index is 0.00887. The van der Waals surface area contributed by atoms with Crippen LogP contribution in [0.2, 0.25) is 51.4 Å². The Bertz CT molecular complexity index is 3480. The molecule has 0 saturated carbocycles. The second-order valence-electron chi connectivity index (χ2n) is 21.4. The van der Waals surface area contributed by atoms with Gasteiger partial charge in [0, 0.05) is 78.7 Å². The number of carboxylic acid groups (broad SMARTS) is 1. The van der Waals surface area contributed by atoms with Gasteiger partial charge in [0.15, 0.2) is 17.6 Å². The second kappa shape index (κ2) is 23.2. The van der Waals surface area contributed by atoms with Crippen LogP contribution in [0.15, 0.2) is 61.2 Å². The van der Waals surface area contributed by atoms with Gasteiger partial charge in [-0.1, -0.05) is 39.3 Å². The van der Waals surface area contributed by atoms with E-state index in [0.717, 1.165) is 18.4 Å². The molecule has 2 aliphatic heterocycles. The molecule has 8 heterocycles. The topological polar surface area (TPSA) is 229 Å². The van der Waals surface area contributed by atoms with Crippen LogP contribution in [0.1, 0.15) is 20.7 Å². The van der Waals surface area contributed by atoms with Crippen molar-refractivity contribution in [2.24, 2.45) is 0 Å². The number of rotatable bonds is 18. The van der Waals surface area contributed by atoms with Gasteiger partial charge in [-0.05, 0) is 48.5 Å². The maximum absolute atomic E-state index is 14.2. The van der Waals surface area contributed by atoms with E-state index in [0.29, 0.717) is 133 Å². The number of carbonyl (C=O) groups excluding carboxylic acids is 3. The predicted octanol–water partition coefficient (Wildman–Crippen LogP) is 7.03. The summed E-state index contributed by atoms with van der Waals surface area (Å²) in [6.45, 7) is 19.1. The lowest BCUT2D eigenvalue weighted by Crippen LogP contribution is -2.42. The van der Waals surface area contributed by atoms with Gasteiger partial charge >= 0.3 is 5.97 Å². The van der Waals surface area contributed by atoms with Gasteiger partial charge in [-0.3, -0.25) is 23.7 Å². The van der Waals surface area contributed by atoms with Crippen LogP contribution in [0.4, 0.5) is 8.78 Å². The first-order valence-electron chi connectivity index (χ1n) is 25.4. The monoisotopic (exact) mass is 1090 g/mol. The zero-order chi connectivity index (χ0) is 54.6. The maximum Gasteiger partial charge on any atom is 0.339 e. The third-order valence-corrected chi connectivity index (χ3v) is 16.6. The lowest BCUT2D eigenvalue weighted by atomic mass is 10.1. The molecular formula is C52H62F2N12O9Si2. The number of hydrogen-bond donors (Lipinski definition) is 1. The van der Waals surface area contributed by atoms with Gasteiger partial charge in [-0.15, -0.1) is 0 Å². The first-order chi connectivity index (χ1) is 36.8. The third-order valence-electron chi connectivity index (χ3n) is 13.2. The first kappa shape index (κ1) is 54.6. The lowest BCUT2D eigenvalue weighted by molar-refractivity contribution is -0.136. The Labute approximate surface area is 443 Å². The fourth-order valence-corrected chi connectivity index (χ4v) is 10.4. The molecule has 1 N–H and O–H groups in total. The van der Waals surface area contributed by atoms with Crippen LogP contribution < -0.4 is 0 Å². The number of fused-ring (bicyclic) bond motifs is 4. The summed E-state index contributed by atoms with van der Waals surface area (Å²) in [5.41, 5.74) is 4.40. The lowest BCUT2D eigenvalue weighted by Gasteiger charge is -2.26.